The van der Waals surface area contributed by atoms with E-state index >= 15 is 0 Å². The zero-order valence-electron chi connectivity index (χ0n) is 18.2. The summed E-state index contributed by atoms with van der Waals surface area (Å²) < 4.78 is 13.2. The van der Waals surface area contributed by atoms with Crippen molar-refractivity contribution < 1.29 is 14.3 Å². The molecule has 4 rings (SSSR count). The summed E-state index contributed by atoms with van der Waals surface area (Å²) in [6, 6.07) is 17.6. The molecule has 0 radical (unpaired) electrons. The number of hydrogen-bond acceptors (Lipinski definition) is 6. The van der Waals surface area contributed by atoms with Crippen LogP contribution in [0.1, 0.15) is 37.9 Å². The minimum atomic E-state index is 0.0316. The molecule has 8 heteroatoms. The maximum atomic E-state index is 12.5. The van der Waals surface area contributed by atoms with Crippen molar-refractivity contribution in [1.29, 1.82) is 0 Å². The number of thioether (sulfide) groups is 1. The number of aromatic nitrogens is 3. The minimum Gasteiger partial charge on any atom is -0.497 e. The summed E-state index contributed by atoms with van der Waals surface area (Å²) in [4.78, 5) is 12.5. The standard InChI is InChI=1S/C24H28N4O3S/c1-30-21-14-8-11-19(15-21)28-22(16-31-20-12-6-3-7-13-20)26-27-24(28)32-17-23(29)25-18-9-4-2-5-10-18/h3,6-8,11-15,18H,2,4-5,9-10,16-17H2,1H3,(H,25,29). The summed E-state index contributed by atoms with van der Waals surface area (Å²) in [6.07, 6.45) is 5.77. The lowest BCUT2D eigenvalue weighted by Gasteiger charge is -2.22. The SMILES string of the molecule is COc1cccc(-n2c(COc3ccccc3)nnc2SCC(=O)NC2CCCCC2)c1. The summed E-state index contributed by atoms with van der Waals surface area (Å²) in [5, 5.41) is 12.5. The van der Waals surface area contributed by atoms with E-state index in [0.717, 1.165) is 30.0 Å². The molecule has 1 aliphatic carbocycles. The van der Waals surface area contributed by atoms with Gasteiger partial charge in [-0.2, -0.15) is 0 Å². The Morgan fingerprint density at radius 2 is 1.84 bits per heavy atom. The lowest BCUT2D eigenvalue weighted by atomic mass is 9.95. The van der Waals surface area contributed by atoms with E-state index in [-0.39, 0.29) is 18.3 Å². The second kappa shape index (κ2) is 11.0. The first-order valence-corrected chi connectivity index (χ1v) is 11.9. The fourth-order valence-corrected chi connectivity index (χ4v) is 4.59. The van der Waals surface area contributed by atoms with Crippen LogP contribution in [0.15, 0.2) is 59.8 Å². The van der Waals surface area contributed by atoms with Crippen LogP contribution >= 0.6 is 11.8 Å². The van der Waals surface area contributed by atoms with Crippen molar-refractivity contribution in [3.8, 4) is 17.2 Å². The third-order valence-electron chi connectivity index (χ3n) is 5.43. The van der Waals surface area contributed by atoms with Gasteiger partial charge in [-0.05, 0) is 37.1 Å². The van der Waals surface area contributed by atoms with Crippen molar-refractivity contribution in [2.24, 2.45) is 0 Å². The van der Waals surface area contributed by atoms with Crippen LogP contribution in [0.25, 0.3) is 5.69 Å². The largest absolute Gasteiger partial charge is 0.497 e. The van der Waals surface area contributed by atoms with E-state index in [9.17, 15) is 4.79 Å². The number of benzene rings is 2. The van der Waals surface area contributed by atoms with Gasteiger partial charge in [0.05, 0.1) is 18.6 Å². The second-order valence-electron chi connectivity index (χ2n) is 7.73. The Bertz CT molecular complexity index is 1020. The van der Waals surface area contributed by atoms with Crippen molar-refractivity contribution in [1.82, 2.24) is 20.1 Å². The van der Waals surface area contributed by atoms with Crippen molar-refractivity contribution in [2.75, 3.05) is 12.9 Å². The summed E-state index contributed by atoms with van der Waals surface area (Å²) in [7, 11) is 1.63. The predicted molar refractivity (Wildman–Crippen MR) is 124 cm³/mol. The van der Waals surface area contributed by atoms with Crippen molar-refractivity contribution in [3.63, 3.8) is 0 Å². The Labute approximate surface area is 192 Å². The number of carbonyl (C=O) groups excluding carboxylic acids is 1. The summed E-state index contributed by atoms with van der Waals surface area (Å²) >= 11 is 1.38. The van der Waals surface area contributed by atoms with E-state index in [1.165, 1.54) is 31.0 Å². The van der Waals surface area contributed by atoms with Gasteiger partial charge >= 0.3 is 0 Å². The highest BCUT2D eigenvalue weighted by atomic mass is 32.2. The molecule has 1 aromatic heterocycles. The normalized spacial score (nSPS) is 14.2. The third-order valence-corrected chi connectivity index (χ3v) is 6.35. The highest BCUT2D eigenvalue weighted by molar-refractivity contribution is 7.99. The van der Waals surface area contributed by atoms with Crippen LogP contribution in [0.3, 0.4) is 0 Å². The smallest absolute Gasteiger partial charge is 0.230 e. The Balaban J connectivity index is 1.50. The number of rotatable bonds is 9. The van der Waals surface area contributed by atoms with Crippen LogP contribution in [0.5, 0.6) is 11.5 Å². The van der Waals surface area contributed by atoms with Crippen molar-refractivity contribution >= 4 is 17.7 Å². The molecule has 1 heterocycles. The lowest BCUT2D eigenvalue weighted by Crippen LogP contribution is -2.37. The minimum absolute atomic E-state index is 0.0316. The first-order chi connectivity index (χ1) is 15.7. The van der Waals surface area contributed by atoms with Crippen LogP contribution < -0.4 is 14.8 Å². The summed E-state index contributed by atoms with van der Waals surface area (Å²) in [5.74, 6) is 2.46. The molecule has 1 N–H and O–H groups in total. The monoisotopic (exact) mass is 452 g/mol. The zero-order chi connectivity index (χ0) is 22.2. The van der Waals surface area contributed by atoms with Gasteiger partial charge in [-0.25, -0.2) is 0 Å². The lowest BCUT2D eigenvalue weighted by molar-refractivity contribution is -0.119. The molecule has 0 bridgehead atoms. The van der Waals surface area contributed by atoms with Crippen LogP contribution in [-0.4, -0.2) is 39.6 Å². The molecule has 7 nitrogen and oxygen atoms in total. The van der Waals surface area contributed by atoms with Crippen LogP contribution in [0, 0.1) is 0 Å². The van der Waals surface area contributed by atoms with Crippen LogP contribution in [0.4, 0.5) is 0 Å². The second-order valence-corrected chi connectivity index (χ2v) is 8.67. The first kappa shape index (κ1) is 22.2. The number of carbonyl (C=O) groups is 1. The average molecular weight is 453 g/mol. The molecule has 0 unspecified atom stereocenters. The highest BCUT2D eigenvalue weighted by Gasteiger charge is 2.19. The van der Waals surface area contributed by atoms with Crippen molar-refractivity contribution in [3.05, 3.63) is 60.4 Å². The van der Waals surface area contributed by atoms with E-state index in [4.69, 9.17) is 9.47 Å². The molecule has 1 fully saturated rings. The molecule has 1 amide bonds. The molecule has 1 saturated carbocycles. The Morgan fingerprint density at radius 1 is 1.06 bits per heavy atom. The van der Waals surface area contributed by atoms with Crippen molar-refractivity contribution in [2.45, 2.75) is 49.9 Å². The maximum Gasteiger partial charge on any atom is 0.230 e. The van der Waals surface area contributed by atoms with E-state index in [2.05, 4.69) is 15.5 Å². The first-order valence-electron chi connectivity index (χ1n) is 10.9. The molecule has 32 heavy (non-hydrogen) atoms. The third kappa shape index (κ3) is 5.82. The number of amides is 1. The zero-order valence-corrected chi connectivity index (χ0v) is 19.0. The number of nitrogens with one attached hydrogen (secondary N) is 1. The molecule has 0 spiro atoms. The average Bonchev–Trinajstić information content (AvgIpc) is 3.25. The molecule has 0 atom stereocenters. The predicted octanol–water partition coefficient (Wildman–Crippen LogP) is 4.40. The van der Waals surface area contributed by atoms with Gasteiger partial charge < -0.3 is 14.8 Å². The molecule has 2 aromatic carbocycles. The van der Waals surface area contributed by atoms with Gasteiger partial charge in [-0.15, -0.1) is 10.2 Å². The Morgan fingerprint density at radius 3 is 2.62 bits per heavy atom. The molecule has 0 aliphatic heterocycles. The fourth-order valence-electron chi connectivity index (χ4n) is 3.81. The fraction of sp³-hybridized carbons (Fsp3) is 0.375. The van der Waals surface area contributed by atoms with E-state index < -0.39 is 0 Å². The van der Waals surface area contributed by atoms with E-state index in [0.29, 0.717) is 17.0 Å². The number of nitrogens with zero attached hydrogens (tertiary/aromatic N) is 3. The van der Waals surface area contributed by atoms with Gasteiger partial charge in [0.1, 0.15) is 18.1 Å². The van der Waals surface area contributed by atoms with Gasteiger partial charge in [0.2, 0.25) is 5.91 Å². The number of para-hydroxylation sites is 1. The van der Waals surface area contributed by atoms with Crippen LogP contribution in [0.2, 0.25) is 0 Å². The quantitative estimate of drug-likeness (QED) is 0.485. The van der Waals surface area contributed by atoms with Gasteiger partial charge in [0.15, 0.2) is 11.0 Å². The number of methoxy groups -OCH3 is 1. The molecule has 168 valence electrons. The number of hydrogen-bond donors (Lipinski definition) is 1. The summed E-state index contributed by atoms with van der Waals surface area (Å²) in [5.41, 5.74) is 0.858. The van der Waals surface area contributed by atoms with Gasteiger partial charge in [-0.1, -0.05) is 55.3 Å². The van der Waals surface area contributed by atoms with Crippen LogP contribution in [-0.2, 0) is 11.4 Å². The van der Waals surface area contributed by atoms with Gasteiger partial charge in [0, 0.05) is 12.1 Å². The van der Waals surface area contributed by atoms with E-state index in [1.54, 1.807) is 7.11 Å². The van der Waals surface area contributed by atoms with E-state index in [1.807, 2.05) is 59.2 Å². The molecular formula is C24H28N4O3S. The highest BCUT2D eigenvalue weighted by Crippen LogP contribution is 2.26. The topological polar surface area (TPSA) is 78.3 Å². The molecule has 3 aromatic rings. The summed E-state index contributed by atoms with van der Waals surface area (Å²) in [6.45, 7) is 0.253. The molecule has 0 saturated heterocycles. The van der Waals surface area contributed by atoms with Gasteiger partial charge in [-0.3, -0.25) is 9.36 Å². The Kier molecular flexibility index (Phi) is 7.66. The molecular weight excluding hydrogens is 424 g/mol. The number of ether oxygens (including phenoxy) is 2. The van der Waals surface area contributed by atoms with Gasteiger partial charge in [0.25, 0.3) is 0 Å². The molecule has 1 aliphatic rings. The maximum absolute atomic E-state index is 12.5. The Hall–Kier alpha value is -3.00.